The molecule has 23 heavy (non-hydrogen) atoms. The number of likely N-dealkylation sites (N-methyl/N-ethyl adjacent to an activating group) is 1. The Morgan fingerprint density at radius 2 is 1.96 bits per heavy atom. The van der Waals surface area contributed by atoms with E-state index in [-0.39, 0.29) is 6.10 Å². The van der Waals surface area contributed by atoms with Crippen molar-refractivity contribution in [2.24, 2.45) is 0 Å². The van der Waals surface area contributed by atoms with Gasteiger partial charge < -0.3 is 14.6 Å². The number of aromatic nitrogens is 2. The summed E-state index contributed by atoms with van der Waals surface area (Å²) in [6, 6.07) is 6.49. The van der Waals surface area contributed by atoms with Gasteiger partial charge in [0.1, 0.15) is 5.75 Å². The molecule has 2 unspecified atom stereocenters. The minimum Gasteiger partial charge on any atom is -0.481 e. The van der Waals surface area contributed by atoms with Crippen LogP contribution in [0.3, 0.4) is 0 Å². The average molecular weight is 317 g/mol. The summed E-state index contributed by atoms with van der Waals surface area (Å²) in [5, 5.41) is 7.17. The van der Waals surface area contributed by atoms with Crippen LogP contribution < -0.4 is 10.1 Å². The molecule has 0 spiro atoms. The molecule has 0 aliphatic rings. The Morgan fingerprint density at radius 1 is 1.22 bits per heavy atom. The van der Waals surface area contributed by atoms with Gasteiger partial charge in [-0.05, 0) is 57.0 Å². The second kappa shape index (κ2) is 7.59. The highest BCUT2D eigenvalue weighted by molar-refractivity contribution is 5.36. The van der Waals surface area contributed by atoms with Crippen molar-refractivity contribution in [1.82, 2.24) is 15.5 Å². The first-order valence-electron chi connectivity index (χ1n) is 8.17. The van der Waals surface area contributed by atoms with Crippen LogP contribution in [0, 0.1) is 6.92 Å². The molecular formula is C18H27N3O2. The van der Waals surface area contributed by atoms with Gasteiger partial charge in [-0.3, -0.25) is 0 Å². The van der Waals surface area contributed by atoms with E-state index in [0.29, 0.717) is 23.7 Å². The SMILES string of the molecule is CNC(C)Cc1noc(C(C)Oc2ccc(C(C)C)c(C)c2)n1. The molecule has 126 valence electrons. The zero-order valence-electron chi connectivity index (χ0n) is 14.9. The molecule has 2 atom stereocenters. The summed E-state index contributed by atoms with van der Waals surface area (Å²) in [6.07, 6.45) is 0.458. The molecule has 0 amide bonds. The van der Waals surface area contributed by atoms with E-state index in [1.807, 2.05) is 20.0 Å². The topological polar surface area (TPSA) is 60.2 Å². The summed E-state index contributed by atoms with van der Waals surface area (Å²) in [5.74, 6) is 2.54. The van der Waals surface area contributed by atoms with Crippen LogP contribution in [0.4, 0.5) is 0 Å². The monoisotopic (exact) mass is 317 g/mol. The van der Waals surface area contributed by atoms with Crippen molar-refractivity contribution in [1.29, 1.82) is 0 Å². The minimum absolute atomic E-state index is 0.273. The van der Waals surface area contributed by atoms with Gasteiger partial charge in [-0.25, -0.2) is 0 Å². The van der Waals surface area contributed by atoms with Gasteiger partial charge in [0.15, 0.2) is 11.9 Å². The maximum Gasteiger partial charge on any atom is 0.267 e. The molecule has 0 bridgehead atoms. The summed E-state index contributed by atoms with van der Waals surface area (Å²) < 4.78 is 11.3. The van der Waals surface area contributed by atoms with E-state index in [4.69, 9.17) is 9.26 Å². The standard InChI is InChI=1S/C18H27N3O2/c1-11(2)16-8-7-15(9-12(16)3)22-14(5)18-20-17(21-23-18)10-13(4)19-6/h7-9,11,13-14,19H,10H2,1-6H3. The molecule has 5 heteroatoms. The molecule has 0 saturated carbocycles. The van der Waals surface area contributed by atoms with Crippen LogP contribution in [0.5, 0.6) is 5.75 Å². The third-order valence-electron chi connectivity index (χ3n) is 3.99. The zero-order valence-corrected chi connectivity index (χ0v) is 14.9. The Hall–Kier alpha value is -1.88. The van der Waals surface area contributed by atoms with Gasteiger partial charge in [0.25, 0.3) is 5.89 Å². The maximum absolute atomic E-state index is 5.95. The summed E-state index contributed by atoms with van der Waals surface area (Å²) in [5.41, 5.74) is 2.57. The number of rotatable bonds is 7. The highest BCUT2D eigenvalue weighted by Crippen LogP contribution is 2.26. The number of aryl methyl sites for hydroxylation is 1. The van der Waals surface area contributed by atoms with Crippen molar-refractivity contribution in [3.8, 4) is 5.75 Å². The first-order valence-corrected chi connectivity index (χ1v) is 8.17. The van der Waals surface area contributed by atoms with Crippen LogP contribution in [0.1, 0.15) is 62.6 Å². The van der Waals surface area contributed by atoms with E-state index in [1.54, 1.807) is 0 Å². The van der Waals surface area contributed by atoms with Crippen molar-refractivity contribution in [3.05, 3.63) is 41.0 Å². The largest absolute Gasteiger partial charge is 0.481 e. The predicted octanol–water partition coefficient (Wildman–Crippen LogP) is 3.79. The molecule has 2 aromatic rings. The van der Waals surface area contributed by atoms with Crippen LogP contribution >= 0.6 is 0 Å². The molecule has 1 heterocycles. The first kappa shape index (κ1) is 17.5. The average Bonchev–Trinajstić information content (AvgIpc) is 2.95. The van der Waals surface area contributed by atoms with Crippen molar-refractivity contribution in [2.45, 2.75) is 59.1 Å². The van der Waals surface area contributed by atoms with Gasteiger partial charge in [-0.1, -0.05) is 25.1 Å². The lowest BCUT2D eigenvalue weighted by Gasteiger charge is -2.14. The Labute approximate surface area is 138 Å². The summed E-state index contributed by atoms with van der Waals surface area (Å²) in [6.45, 7) is 10.5. The molecule has 2 rings (SSSR count). The maximum atomic E-state index is 5.95. The quantitative estimate of drug-likeness (QED) is 0.842. The van der Waals surface area contributed by atoms with Gasteiger partial charge >= 0.3 is 0 Å². The number of nitrogens with zero attached hydrogens (tertiary/aromatic N) is 2. The molecule has 1 aromatic carbocycles. The van der Waals surface area contributed by atoms with Crippen LogP contribution in [-0.2, 0) is 6.42 Å². The third kappa shape index (κ3) is 4.55. The highest BCUT2D eigenvalue weighted by Gasteiger charge is 2.17. The smallest absolute Gasteiger partial charge is 0.267 e. The van der Waals surface area contributed by atoms with Crippen molar-refractivity contribution in [2.75, 3.05) is 7.05 Å². The van der Waals surface area contributed by atoms with E-state index in [9.17, 15) is 0 Å². The molecule has 0 aliphatic carbocycles. The summed E-state index contributed by atoms with van der Waals surface area (Å²) in [7, 11) is 1.92. The van der Waals surface area contributed by atoms with Crippen LogP contribution in [0.25, 0.3) is 0 Å². The Morgan fingerprint density at radius 3 is 2.57 bits per heavy atom. The van der Waals surface area contributed by atoms with Crippen LogP contribution in [-0.4, -0.2) is 23.2 Å². The lowest BCUT2D eigenvalue weighted by molar-refractivity contribution is 0.175. The highest BCUT2D eigenvalue weighted by atomic mass is 16.5. The Bertz CT molecular complexity index is 637. The van der Waals surface area contributed by atoms with Gasteiger partial charge in [0.2, 0.25) is 0 Å². The fourth-order valence-corrected chi connectivity index (χ4v) is 2.52. The number of hydrogen-bond acceptors (Lipinski definition) is 5. The molecule has 0 fully saturated rings. The number of ether oxygens (including phenoxy) is 1. The molecule has 5 nitrogen and oxygen atoms in total. The first-order chi connectivity index (χ1) is 10.9. The summed E-state index contributed by atoms with van der Waals surface area (Å²) in [4.78, 5) is 4.42. The van der Waals surface area contributed by atoms with E-state index in [0.717, 1.165) is 12.2 Å². The number of benzene rings is 1. The van der Waals surface area contributed by atoms with E-state index in [2.05, 4.69) is 55.3 Å². The fourth-order valence-electron chi connectivity index (χ4n) is 2.52. The zero-order chi connectivity index (χ0) is 17.0. The van der Waals surface area contributed by atoms with Gasteiger partial charge in [-0.2, -0.15) is 4.98 Å². The van der Waals surface area contributed by atoms with Gasteiger partial charge in [-0.15, -0.1) is 0 Å². The van der Waals surface area contributed by atoms with E-state index in [1.165, 1.54) is 11.1 Å². The normalized spacial score (nSPS) is 14.0. The summed E-state index contributed by atoms with van der Waals surface area (Å²) >= 11 is 0. The Kier molecular flexibility index (Phi) is 5.77. The van der Waals surface area contributed by atoms with Crippen molar-refractivity contribution < 1.29 is 9.26 Å². The third-order valence-corrected chi connectivity index (χ3v) is 3.99. The molecule has 1 aromatic heterocycles. The second-order valence-electron chi connectivity index (χ2n) is 6.38. The minimum atomic E-state index is -0.273. The molecule has 0 saturated heterocycles. The van der Waals surface area contributed by atoms with E-state index >= 15 is 0 Å². The van der Waals surface area contributed by atoms with Gasteiger partial charge in [0, 0.05) is 12.5 Å². The molecule has 0 aliphatic heterocycles. The van der Waals surface area contributed by atoms with Crippen LogP contribution in [0.15, 0.2) is 22.7 Å². The van der Waals surface area contributed by atoms with Crippen molar-refractivity contribution >= 4 is 0 Å². The predicted molar refractivity (Wildman–Crippen MR) is 90.8 cm³/mol. The second-order valence-corrected chi connectivity index (χ2v) is 6.38. The lowest BCUT2D eigenvalue weighted by Crippen LogP contribution is -2.24. The van der Waals surface area contributed by atoms with Crippen LogP contribution in [0.2, 0.25) is 0 Å². The fraction of sp³-hybridized carbons (Fsp3) is 0.556. The molecular weight excluding hydrogens is 290 g/mol. The van der Waals surface area contributed by atoms with Gasteiger partial charge in [0.05, 0.1) is 0 Å². The molecule has 1 N–H and O–H groups in total. The lowest BCUT2D eigenvalue weighted by atomic mass is 9.98. The van der Waals surface area contributed by atoms with Crippen molar-refractivity contribution in [3.63, 3.8) is 0 Å². The number of nitrogens with one attached hydrogen (secondary N) is 1. The number of hydrogen-bond donors (Lipinski definition) is 1. The molecule has 0 radical (unpaired) electrons. The Balaban J connectivity index is 2.04. The van der Waals surface area contributed by atoms with E-state index < -0.39 is 0 Å².